The van der Waals surface area contributed by atoms with Gasteiger partial charge in [0.15, 0.2) is 5.92 Å². The van der Waals surface area contributed by atoms with Crippen LogP contribution in [0.1, 0.15) is 59.8 Å². The lowest BCUT2D eigenvalue weighted by Gasteiger charge is -2.20. The minimum Gasteiger partial charge on any atom is -0.465 e. The van der Waals surface area contributed by atoms with E-state index in [0.717, 1.165) is 12.8 Å². The normalized spacial score (nSPS) is 17.5. The van der Waals surface area contributed by atoms with Gasteiger partial charge < -0.3 is 9.47 Å². The zero-order valence-corrected chi connectivity index (χ0v) is 13.2. The summed E-state index contributed by atoms with van der Waals surface area (Å²) in [6, 6.07) is 0. The van der Waals surface area contributed by atoms with E-state index in [2.05, 4.69) is 0 Å². The molecule has 4 heteroatoms. The van der Waals surface area contributed by atoms with Crippen molar-refractivity contribution in [1.82, 2.24) is 0 Å². The molecule has 0 bridgehead atoms. The van der Waals surface area contributed by atoms with Gasteiger partial charge in [-0.25, -0.2) is 0 Å². The number of rotatable bonds is 7. The maximum Gasteiger partial charge on any atom is 0.320 e. The van der Waals surface area contributed by atoms with E-state index in [9.17, 15) is 9.59 Å². The average molecular weight is 284 g/mol. The van der Waals surface area contributed by atoms with Crippen LogP contribution >= 0.6 is 0 Å². The quantitative estimate of drug-likeness (QED) is 0.531. The van der Waals surface area contributed by atoms with Gasteiger partial charge in [-0.05, 0) is 32.1 Å². The average Bonchev–Trinajstić information content (AvgIpc) is 2.84. The predicted octanol–water partition coefficient (Wildman–Crippen LogP) is 3.33. The molecule has 1 rings (SSSR count). The number of hydrogen-bond acceptors (Lipinski definition) is 4. The van der Waals surface area contributed by atoms with E-state index in [4.69, 9.17) is 9.47 Å². The van der Waals surface area contributed by atoms with E-state index < -0.39 is 17.9 Å². The Kier molecular flexibility index (Phi) is 7.03. The Bertz CT molecular complexity index is 316. The van der Waals surface area contributed by atoms with Crippen LogP contribution in [0, 0.1) is 17.8 Å². The van der Waals surface area contributed by atoms with Crippen molar-refractivity contribution < 1.29 is 19.1 Å². The first-order chi connectivity index (χ1) is 9.40. The summed E-state index contributed by atoms with van der Waals surface area (Å²) < 4.78 is 10.4. The third kappa shape index (κ3) is 5.93. The molecule has 20 heavy (non-hydrogen) atoms. The van der Waals surface area contributed by atoms with Gasteiger partial charge >= 0.3 is 11.9 Å². The summed E-state index contributed by atoms with van der Waals surface area (Å²) in [4.78, 5) is 24.2. The second kappa shape index (κ2) is 8.28. The first-order valence-corrected chi connectivity index (χ1v) is 7.77. The third-order valence-electron chi connectivity index (χ3n) is 3.52. The van der Waals surface area contributed by atoms with Crippen molar-refractivity contribution >= 4 is 11.9 Å². The monoisotopic (exact) mass is 284 g/mol. The van der Waals surface area contributed by atoms with Crippen molar-refractivity contribution in [2.24, 2.45) is 17.8 Å². The van der Waals surface area contributed by atoms with Crippen LogP contribution in [-0.2, 0) is 19.1 Å². The maximum atomic E-state index is 12.1. The minimum atomic E-state index is -0.751. The predicted molar refractivity (Wildman–Crippen MR) is 77.1 cm³/mol. The zero-order valence-electron chi connectivity index (χ0n) is 13.2. The lowest BCUT2D eigenvalue weighted by atomic mass is 9.93. The molecule has 0 radical (unpaired) electrons. The molecule has 1 aliphatic carbocycles. The Morgan fingerprint density at radius 2 is 1.65 bits per heavy atom. The van der Waals surface area contributed by atoms with Crippen LogP contribution in [-0.4, -0.2) is 24.6 Å². The summed E-state index contributed by atoms with van der Waals surface area (Å²) in [5.41, 5.74) is 0. The van der Waals surface area contributed by atoms with E-state index in [-0.39, 0.29) is 12.0 Å². The Hall–Kier alpha value is -1.06. The molecule has 0 spiro atoms. The molecule has 1 atom stereocenters. The van der Waals surface area contributed by atoms with E-state index >= 15 is 0 Å². The van der Waals surface area contributed by atoms with Crippen molar-refractivity contribution in [2.45, 2.75) is 65.9 Å². The van der Waals surface area contributed by atoms with Gasteiger partial charge in [0.25, 0.3) is 0 Å². The van der Waals surface area contributed by atoms with Crippen molar-refractivity contribution in [2.75, 3.05) is 6.61 Å². The zero-order chi connectivity index (χ0) is 15.1. The van der Waals surface area contributed by atoms with Gasteiger partial charge in [0.1, 0.15) is 0 Å². The summed E-state index contributed by atoms with van der Waals surface area (Å²) in [6.07, 6.45) is 4.95. The largest absolute Gasteiger partial charge is 0.465 e. The van der Waals surface area contributed by atoms with Crippen molar-refractivity contribution in [3.8, 4) is 0 Å². The van der Waals surface area contributed by atoms with E-state index in [0.29, 0.717) is 18.9 Å². The molecule has 0 aromatic heterocycles. The molecule has 1 unspecified atom stereocenters. The molecule has 4 nitrogen and oxygen atoms in total. The second-order valence-corrected chi connectivity index (χ2v) is 6.45. The fourth-order valence-corrected chi connectivity index (χ4v) is 2.53. The van der Waals surface area contributed by atoms with Crippen LogP contribution in [0.2, 0.25) is 0 Å². The molecule has 0 aromatic rings. The fraction of sp³-hybridized carbons (Fsp3) is 0.875. The highest BCUT2D eigenvalue weighted by Crippen LogP contribution is 2.31. The third-order valence-corrected chi connectivity index (χ3v) is 3.52. The molecule has 0 amide bonds. The Labute approximate surface area is 122 Å². The Balaban J connectivity index is 2.61. The molecule has 1 saturated carbocycles. The number of carbonyl (C=O) groups excluding carboxylic acids is 2. The number of carbonyl (C=O) groups is 2. The van der Waals surface area contributed by atoms with Crippen molar-refractivity contribution in [3.63, 3.8) is 0 Å². The molecule has 0 aliphatic heterocycles. The Morgan fingerprint density at radius 3 is 2.15 bits per heavy atom. The first kappa shape index (κ1) is 17.0. The highest BCUT2D eigenvalue weighted by atomic mass is 16.6. The van der Waals surface area contributed by atoms with E-state index in [1.54, 1.807) is 13.8 Å². The van der Waals surface area contributed by atoms with Crippen LogP contribution < -0.4 is 0 Å². The van der Waals surface area contributed by atoms with Crippen LogP contribution in [0.5, 0.6) is 0 Å². The van der Waals surface area contributed by atoms with Crippen LogP contribution in [0.4, 0.5) is 0 Å². The summed E-state index contributed by atoms with van der Waals surface area (Å²) in [5, 5.41) is 0. The summed E-state index contributed by atoms with van der Waals surface area (Å²) in [5.74, 6) is -0.880. The smallest absolute Gasteiger partial charge is 0.320 e. The lowest BCUT2D eigenvalue weighted by Crippen LogP contribution is -2.32. The molecule has 0 heterocycles. The second-order valence-electron chi connectivity index (χ2n) is 6.45. The topological polar surface area (TPSA) is 52.6 Å². The first-order valence-electron chi connectivity index (χ1n) is 7.77. The summed E-state index contributed by atoms with van der Waals surface area (Å²) >= 11 is 0. The number of ether oxygens (including phenoxy) is 2. The van der Waals surface area contributed by atoms with Crippen LogP contribution in [0.3, 0.4) is 0 Å². The molecule has 1 fully saturated rings. The van der Waals surface area contributed by atoms with Gasteiger partial charge in [0.2, 0.25) is 0 Å². The highest BCUT2D eigenvalue weighted by Gasteiger charge is 2.34. The standard InChI is InChI=1S/C16H28O4/c1-11(2)10-19-15(17)14(16(18)20-12(3)4)9-13-7-5-6-8-13/h11-14H,5-10H2,1-4H3. The minimum absolute atomic E-state index is 0.202. The molecule has 0 N–H and O–H groups in total. The molecular weight excluding hydrogens is 256 g/mol. The molecular formula is C16H28O4. The van der Waals surface area contributed by atoms with Crippen molar-refractivity contribution in [1.29, 1.82) is 0 Å². The van der Waals surface area contributed by atoms with Gasteiger partial charge in [0.05, 0.1) is 12.7 Å². The molecule has 1 aliphatic rings. The SMILES string of the molecule is CC(C)COC(=O)C(CC1CCCC1)C(=O)OC(C)C. The molecule has 0 aromatic carbocycles. The van der Waals surface area contributed by atoms with E-state index in [1.165, 1.54) is 12.8 Å². The maximum absolute atomic E-state index is 12.1. The summed E-state index contributed by atoms with van der Waals surface area (Å²) in [6.45, 7) is 7.90. The van der Waals surface area contributed by atoms with Gasteiger partial charge in [-0.2, -0.15) is 0 Å². The number of esters is 2. The van der Waals surface area contributed by atoms with E-state index in [1.807, 2.05) is 13.8 Å². The number of hydrogen-bond donors (Lipinski definition) is 0. The Morgan fingerprint density at radius 1 is 1.05 bits per heavy atom. The fourth-order valence-electron chi connectivity index (χ4n) is 2.53. The van der Waals surface area contributed by atoms with Gasteiger partial charge in [-0.15, -0.1) is 0 Å². The van der Waals surface area contributed by atoms with Gasteiger partial charge in [0, 0.05) is 0 Å². The van der Waals surface area contributed by atoms with Crippen molar-refractivity contribution in [3.05, 3.63) is 0 Å². The van der Waals surface area contributed by atoms with Crippen LogP contribution in [0.25, 0.3) is 0 Å². The van der Waals surface area contributed by atoms with Gasteiger partial charge in [-0.3, -0.25) is 9.59 Å². The van der Waals surface area contributed by atoms with Gasteiger partial charge in [-0.1, -0.05) is 39.5 Å². The summed E-state index contributed by atoms with van der Waals surface area (Å²) in [7, 11) is 0. The highest BCUT2D eigenvalue weighted by molar-refractivity contribution is 5.95. The van der Waals surface area contributed by atoms with Crippen LogP contribution in [0.15, 0.2) is 0 Å². The lowest BCUT2D eigenvalue weighted by molar-refractivity contribution is -0.165. The molecule has 116 valence electrons. The molecule has 0 saturated heterocycles.